The Morgan fingerprint density at radius 1 is 1.08 bits per heavy atom. The van der Waals surface area contributed by atoms with Crippen molar-refractivity contribution < 1.29 is 13.9 Å². The summed E-state index contributed by atoms with van der Waals surface area (Å²) in [4.78, 5) is 12.1. The van der Waals surface area contributed by atoms with Gasteiger partial charge in [-0.1, -0.05) is 24.3 Å². The molecule has 0 radical (unpaired) electrons. The molecule has 3 aromatic rings. The van der Waals surface area contributed by atoms with Crippen LogP contribution in [0.25, 0.3) is 0 Å². The number of benzene rings is 2. The van der Waals surface area contributed by atoms with E-state index in [0.717, 1.165) is 22.4 Å². The van der Waals surface area contributed by atoms with Crippen molar-refractivity contribution in [3.8, 4) is 5.75 Å². The highest BCUT2D eigenvalue weighted by molar-refractivity contribution is 5.91. The Morgan fingerprint density at radius 3 is 2.54 bits per heavy atom. The molecule has 0 spiro atoms. The fourth-order valence-corrected chi connectivity index (χ4v) is 2.51. The molecule has 0 aliphatic rings. The Kier molecular flexibility index (Phi) is 5.31. The van der Waals surface area contributed by atoms with Crippen LogP contribution in [-0.2, 0) is 11.2 Å². The molecule has 1 amide bonds. The maximum absolute atomic E-state index is 12.1. The first-order valence-corrected chi connectivity index (χ1v) is 8.38. The molecule has 1 aromatic heterocycles. The normalized spacial score (nSPS) is 10.6. The highest BCUT2D eigenvalue weighted by Gasteiger charge is 2.08. The number of hydrogen-bond donors (Lipinski definition) is 1. The number of aromatic nitrogens is 2. The van der Waals surface area contributed by atoms with Gasteiger partial charge in [-0.3, -0.25) is 4.79 Å². The summed E-state index contributed by atoms with van der Waals surface area (Å²) in [5.41, 5.74) is 3.92. The summed E-state index contributed by atoms with van der Waals surface area (Å²) in [6.45, 7) is 5.72. The van der Waals surface area contributed by atoms with Crippen LogP contribution in [0.2, 0.25) is 0 Å². The maximum atomic E-state index is 12.1. The molecule has 0 saturated heterocycles. The summed E-state index contributed by atoms with van der Waals surface area (Å²) >= 11 is 0. The molecule has 0 unspecified atom stereocenters. The Morgan fingerprint density at radius 2 is 1.85 bits per heavy atom. The first-order chi connectivity index (χ1) is 12.5. The quantitative estimate of drug-likeness (QED) is 0.734. The minimum atomic E-state index is -0.203. The van der Waals surface area contributed by atoms with E-state index in [4.69, 9.17) is 9.15 Å². The Hall–Kier alpha value is -3.15. The minimum Gasteiger partial charge on any atom is -0.483 e. The first-order valence-electron chi connectivity index (χ1n) is 8.38. The van der Waals surface area contributed by atoms with E-state index >= 15 is 0 Å². The number of anilines is 1. The molecule has 2 aromatic carbocycles. The third-order valence-corrected chi connectivity index (χ3v) is 4.07. The number of ether oxygens (including phenoxy) is 1. The fraction of sp³-hybridized carbons (Fsp3) is 0.250. The molecule has 134 valence electrons. The molecule has 0 atom stereocenters. The lowest BCUT2D eigenvalue weighted by molar-refractivity contribution is -0.118. The molecule has 0 aliphatic heterocycles. The Bertz CT molecular complexity index is 901. The average Bonchev–Trinajstić information content (AvgIpc) is 3.03. The molecular formula is C20H21N3O3. The second kappa shape index (κ2) is 7.82. The first kappa shape index (κ1) is 17.7. The molecule has 6 heteroatoms. The van der Waals surface area contributed by atoms with E-state index in [1.165, 1.54) is 0 Å². The van der Waals surface area contributed by atoms with Gasteiger partial charge in [0.15, 0.2) is 6.61 Å². The standard InChI is InChI=1S/C20H21N3O3/c1-13-5-4-6-18(14(13)2)25-12-19(24)21-17-9-7-16(8-10-17)11-20-23-22-15(3)26-20/h4-10H,11-12H2,1-3H3,(H,21,24). The van der Waals surface area contributed by atoms with E-state index in [2.05, 4.69) is 15.5 Å². The molecule has 0 saturated carbocycles. The zero-order valence-electron chi connectivity index (χ0n) is 15.1. The van der Waals surface area contributed by atoms with Crippen LogP contribution in [0, 0.1) is 20.8 Å². The van der Waals surface area contributed by atoms with Gasteiger partial charge in [-0.05, 0) is 48.7 Å². The van der Waals surface area contributed by atoms with Gasteiger partial charge in [-0.2, -0.15) is 0 Å². The average molecular weight is 351 g/mol. The van der Waals surface area contributed by atoms with Gasteiger partial charge in [0.05, 0.1) is 6.42 Å². The van der Waals surface area contributed by atoms with E-state index in [0.29, 0.717) is 23.9 Å². The van der Waals surface area contributed by atoms with Crippen LogP contribution in [0.1, 0.15) is 28.5 Å². The highest BCUT2D eigenvalue weighted by atomic mass is 16.5. The summed E-state index contributed by atoms with van der Waals surface area (Å²) in [7, 11) is 0. The van der Waals surface area contributed by atoms with Gasteiger partial charge in [0, 0.05) is 12.6 Å². The lowest BCUT2D eigenvalue weighted by Crippen LogP contribution is -2.20. The van der Waals surface area contributed by atoms with Crippen LogP contribution in [-0.4, -0.2) is 22.7 Å². The predicted molar refractivity (Wildman–Crippen MR) is 98.3 cm³/mol. The summed E-state index contributed by atoms with van der Waals surface area (Å²) in [6, 6.07) is 13.3. The highest BCUT2D eigenvalue weighted by Crippen LogP contribution is 2.20. The van der Waals surface area contributed by atoms with Crippen molar-refractivity contribution in [2.75, 3.05) is 11.9 Å². The van der Waals surface area contributed by atoms with Gasteiger partial charge in [-0.15, -0.1) is 10.2 Å². The summed E-state index contributed by atoms with van der Waals surface area (Å²) in [6.07, 6.45) is 0.560. The number of carbonyl (C=O) groups excluding carboxylic acids is 1. The van der Waals surface area contributed by atoms with Crippen molar-refractivity contribution in [3.63, 3.8) is 0 Å². The van der Waals surface area contributed by atoms with Crippen LogP contribution in [0.4, 0.5) is 5.69 Å². The van der Waals surface area contributed by atoms with Crippen LogP contribution in [0.15, 0.2) is 46.9 Å². The monoisotopic (exact) mass is 351 g/mol. The number of aryl methyl sites for hydroxylation is 2. The number of amides is 1. The molecule has 1 N–H and O–H groups in total. The van der Waals surface area contributed by atoms with Crippen LogP contribution < -0.4 is 10.1 Å². The van der Waals surface area contributed by atoms with E-state index in [1.807, 2.05) is 56.3 Å². The fourth-order valence-electron chi connectivity index (χ4n) is 2.51. The number of nitrogens with one attached hydrogen (secondary N) is 1. The number of nitrogens with zero attached hydrogens (tertiary/aromatic N) is 2. The second-order valence-electron chi connectivity index (χ2n) is 6.12. The van der Waals surface area contributed by atoms with E-state index in [9.17, 15) is 4.79 Å². The minimum absolute atomic E-state index is 0.0344. The van der Waals surface area contributed by atoms with Gasteiger partial charge in [0.2, 0.25) is 11.8 Å². The van der Waals surface area contributed by atoms with Crippen molar-refractivity contribution in [2.45, 2.75) is 27.2 Å². The van der Waals surface area contributed by atoms with Crippen molar-refractivity contribution in [1.29, 1.82) is 0 Å². The summed E-state index contributed by atoms with van der Waals surface area (Å²) in [5, 5.41) is 10.6. The molecular weight excluding hydrogens is 330 g/mol. The third kappa shape index (κ3) is 4.47. The topological polar surface area (TPSA) is 77.2 Å². The lowest BCUT2D eigenvalue weighted by atomic mass is 10.1. The predicted octanol–water partition coefficient (Wildman–Crippen LogP) is 3.60. The van der Waals surface area contributed by atoms with Crippen molar-refractivity contribution in [3.05, 3.63) is 70.9 Å². The molecule has 26 heavy (non-hydrogen) atoms. The van der Waals surface area contributed by atoms with Crippen LogP contribution in [0.5, 0.6) is 5.75 Å². The summed E-state index contributed by atoms with van der Waals surface area (Å²) in [5.74, 6) is 1.64. The van der Waals surface area contributed by atoms with Crippen LogP contribution >= 0.6 is 0 Å². The zero-order valence-corrected chi connectivity index (χ0v) is 15.1. The van der Waals surface area contributed by atoms with Gasteiger partial charge in [0.1, 0.15) is 5.75 Å². The molecule has 1 heterocycles. The number of hydrogen-bond acceptors (Lipinski definition) is 5. The van der Waals surface area contributed by atoms with Gasteiger partial charge in [0.25, 0.3) is 5.91 Å². The van der Waals surface area contributed by atoms with Gasteiger partial charge >= 0.3 is 0 Å². The third-order valence-electron chi connectivity index (χ3n) is 4.07. The molecule has 3 rings (SSSR count). The van der Waals surface area contributed by atoms with E-state index in [-0.39, 0.29) is 12.5 Å². The smallest absolute Gasteiger partial charge is 0.262 e. The Balaban J connectivity index is 1.53. The van der Waals surface area contributed by atoms with Gasteiger partial charge in [-0.25, -0.2) is 0 Å². The molecule has 0 fully saturated rings. The molecule has 0 aliphatic carbocycles. The van der Waals surface area contributed by atoms with E-state index < -0.39 is 0 Å². The van der Waals surface area contributed by atoms with E-state index in [1.54, 1.807) is 6.92 Å². The molecule has 6 nitrogen and oxygen atoms in total. The largest absolute Gasteiger partial charge is 0.483 e. The van der Waals surface area contributed by atoms with Crippen molar-refractivity contribution in [1.82, 2.24) is 10.2 Å². The van der Waals surface area contributed by atoms with Crippen molar-refractivity contribution in [2.24, 2.45) is 0 Å². The van der Waals surface area contributed by atoms with Crippen LogP contribution in [0.3, 0.4) is 0 Å². The zero-order chi connectivity index (χ0) is 18.5. The SMILES string of the molecule is Cc1nnc(Cc2ccc(NC(=O)COc3cccc(C)c3C)cc2)o1. The number of carbonyl (C=O) groups is 1. The van der Waals surface area contributed by atoms with Crippen molar-refractivity contribution >= 4 is 11.6 Å². The Labute approximate surface area is 152 Å². The lowest BCUT2D eigenvalue weighted by Gasteiger charge is -2.11. The molecule has 0 bridgehead atoms. The summed E-state index contributed by atoms with van der Waals surface area (Å²) < 4.78 is 11.0. The maximum Gasteiger partial charge on any atom is 0.262 e. The van der Waals surface area contributed by atoms with Gasteiger partial charge < -0.3 is 14.5 Å². The number of rotatable bonds is 6. The second-order valence-corrected chi connectivity index (χ2v) is 6.12.